The molecule has 0 aliphatic heterocycles. The van der Waals surface area contributed by atoms with Gasteiger partial charge in [0.25, 0.3) is 0 Å². The summed E-state index contributed by atoms with van der Waals surface area (Å²) in [5.41, 5.74) is 4.92. The predicted molar refractivity (Wildman–Crippen MR) is 142 cm³/mol. The van der Waals surface area contributed by atoms with Crippen molar-refractivity contribution in [2.24, 2.45) is 0 Å². The van der Waals surface area contributed by atoms with E-state index in [0.29, 0.717) is 12.2 Å². The molecule has 0 amide bonds. The molecule has 2 aromatic rings. The van der Waals surface area contributed by atoms with Crippen LogP contribution in [0.15, 0.2) is 30.3 Å². The Morgan fingerprint density at radius 1 is 0.872 bits per heavy atom. The molecule has 11 nitrogen and oxygen atoms in total. The minimum atomic E-state index is -4.06. The summed E-state index contributed by atoms with van der Waals surface area (Å²) in [7, 11) is -4.06. The normalized spacial score (nSPS) is 11.3. The molecule has 0 aliphatic carbocycles. The third-order valence-electron chi connectivity index (χ3n) is 5.53. The van der Waals surface area contributed by atoms with Crippen molar-refractivity contribution in [3.8, 4) is 11.5 Å². The van der Waals surface area contributed by atoms with Gasteiger partial charge in [-0.1, -0.05) is 26.0 Å². The topological polar surface area (TPSA) is 136 Å². The number of carbonyl (C=O) groups excluding carboxylic acids is 2. The van der Waals surface area contributed by atoms with Gasteiger partial charge in [-0.05, 0) is 86.1 Å². The van der Waals surface area contributed by atoms with E-state index in [2.05, 4.69) is 9.47 Å². The maximum Gasteiger partial charge on any atom is 0.510 e. The highest BCUT2D eigenvalue weighted by atomic mass is 31.2. The standard InChI is InChI=1S/C27H37O11P/c1-7-32-26(29)34-15-37-39(31,38-16-35-27(30)33-8-2)17-36-22-11-19(5)24(20(6)12-22)14-21-9-10-25(28)23(13-21)18(3)4/h9-13,18,28H,7-8,14-17H2,1-6H3. The van der Waals surface area contributed by atoms with E-state index in [4.69, 9.17) is 23.3 Å². The van der Waals surface area contributed by atoms with Crippen LogP contribution in [-0.2, 0) is 39.0 Å². The number of rotatable bonds is 14. The van der Waals surface area contributed by atoms with Crippen LogP contribution in [0.4, 0.5) is 9.59 Å². The molecule has 0 saturated heterocycles. The van der Waals surface area contributed by atoms with E-state index < -0.39 is 39.8 Å². The van der Waals surface area contributed by atoms with Crippen LogP contribution in [0.1, 0.15) is 61.4 Å². The number of hydrogen-bond acceptors (Lipinski definition) is 11. The molecule has 0 aromatic heterocycles. The Hall–Kier alpha value is -3.27. The third-order valence-corrected chi connectivity index (χ3v) is 6.97. The highest BCUT2D eigenvalue weighted by molar-refractivity contribution is 7.53. The van der Waals surface area contributed by atoms with E-state index in [9.17, 15) is 19.3 Å². The maximum absolute atomic E-state index is 13.2. The predicted octanol–water partition coefficient (Wildman–Crippen LogP) is 6.55. The summed E-state index contributed by atoms with van der Waals surface area (Å²) in [6, 6.07) is 9.19. The number of carbonyl (C=O) groups is 2. The van der Waals surface area contributed by atoms with Gasteiger partial charge in [0.15, 0.2) is 6.35 Å². The van der Waals surface area contributed by atoms with Crippen LogP contribution < -0.4 is 4.74 Å². The molecule has 0 spiro atoms. The first-order valence-corrected chi connectivity index (χ1v) is 14.2. The molecule has 0 bridgehead atoms. The van der Waals surface area contributed by atoms with Crippen LogP contribution in [0.5, 0.6) is 11.5 Å². The number of benzene rings is 2. The summed E-state index contributed by atoms with van der Waals surface area (Å²) in [4.78, 5) is 22.8. The number of aromatic hydroxyl groups is 1. The lowest BCUT2D eigenvalue weighted by Gasteiger charge is -2.20. The van der Waals surface area contributed by atoms with Crippen molar-refractivity contribution in [2.45, 2.75) is 53.9 Å². The van der Waals surface area contributed by atoms with Gasteiger partial charge in [-0.3, -0.25) is 13.6 Å². The summed E-state index contributed by atoms with van der Waals surface area (Å²) < 4.78 is 47.9. The van der Waals surface area contributed by atoms with Crippen LogP contribution in [0.25, 0.3) is 0 Å². The molecule has 2 aromatic carbocycles. The molecule has 0 unspecified atom stereocenters. The second-order valence-electron chi connectivity index (χ2n) is 8.79. The molecule has 0 heterocycles. The molecule has 0 atom stereocenters. The molecule has 0 saturated carbocycles. The lowest BCUT2D eigenvalue weighted by atomic mass is 9.93. The zero-order valence-electron chi connectivity index (χ0n) is 23.2. The molecular formula is C27H37O11P. The van der Waals surface area contributed by atoms with E-state index in [0.717, 1.165) is 27.8 Å². The first-order chi connectivity index (χ1) is 18.5. The van der Waals surface area contributed by atoms with Crippen molar-refractivity contribution >= 4 is 19.9 Å². The van der Waals surface area contributed by atoms with Crippen molar-refractivity contribution in [2.75, 3.05) is 33.1 Å². The lowest BCUT2D eigenvalue weighted by molar-refractivity contribution is -0.0217. The number of aryl methyl sites for hydroxylation is 2. The van der Waals surface area contributed by atoms with Crippen molar-refractivity contribution in [1.82, 2.24) is 0 Å². The smallest absolute Gasteiger partial charge is 0.508 e. The van der Waals surface area contributed by atoms with E-state index in [-0.39, 0.29) is 24.9 Å². The zero-order chi connectivity index (χ0) is 29.0. The van der Waals surface area contributed by atoms with Crippen molar-refractivity contribution in [3.63, 3.8) is 0 Å². The van der Waals surface area contributed by atoms with Gasteiger partial charge in [-0.25, -0.2) is 9.59 Å². The Kier molecular flexibility index (Phi) is 12.6. The van der Waals surface area contributed by atoms with Crippen molar-refractivity contribution in [3.05, 3.63) is 58.1 Å². The minimum Gasteiger partial charge on any atom is -0.508 e. The largest absolute Gasteiger partial charge is 0.510 e. The van der Waals surface area contributed by atoms with Gasteiger partial charge in [0.2, 0.25) is 13.6 Å². The molecular weight excluding hydrogens is 531 g/mol. The fraction of sp³-hybridized carbons (Fsp3) is 0.481. The van der Waals surface area contributed by atoms with E-state index in [1.807, 2.05) is 39.8 Å². The summed E-state index contributed by atoms with van der Waals surface area (Å²) in [6.45, 7) is 9.82. The third kappa shape index (κ3) is 10.4. The second-order valence-corrected chi connectivity index (χ2v) is 10.8. The van der Waals surface area contributed by atoms with Crippen LogP contribution in [0.2, 0.25) is 0 Å². The number of ether oxygens (including phenoxy) is 5. The van der Waals surface area contributed by atoms with Crippen LogP contribution in [0.3, 0.4) is 0 Å². The maximum atomic E-state index is 13.2. The van der Waals surface area contributed by atoms with Crippen molar-refractivity contribution in [1.29, 1.82) is 0 Å². The molecule has 12 heteroatoms. The van der Waals surface area contributed by atoms with E-state index in [1.165, 1.54) is 0 Å². The van der Waals surface area contributed by atoms with Crippen LogP contribution in [0, 0.1) is 13.8 Å². The summed E-state index contributed by atoms with van der Waals surface area (Å²) >= 11 is 0. The number of hydrogen-bond donors (Lipinski definition) is 1. The van der Waals surface area contributed by atoms with Crippen LogP contribution >= 0.6 is 7.60 Å². The Bertz CT molecular complexity index is 1110. The average Bonchev–Trinajstić information content (AvgIpc) is 2.86. The monoisotopic (exact) mass is 568 g/mol. The number of phenolic OH excluding ortho intramolecular Hbond substituents is 1. The minimum absolute atomic E-state index is 0.0871. The van der Waals surface area contributed by atoms with Gasteiger partial charge >= 0.3 is 19.9 Å². The summed E-state index contributed by atoms with van der Waals surface area (Å²) in [6.07, 6.45) is -1.93. The zero-order valence-corrected chi connectivity index (χ0v) is 24.1. The first kappa shape index (κ1) is 31.9. The highest BCUT2D eigenvalue weighted by Gasteiger charge is 2.28. The van der Waals surface area contributed by atoms with E-state index in [1.54, 1.807) is 32.0 Å². The summed E-state index contributed by atoms with van der Waals surface area (Å²) in [5.74, 6) is 0.876. The Balaban J connectivity index is 2.12. The summed E-state index contributed by atoms with van der Waals surface area (Å²) in [5, 5.41) is 10.1. The van der Waals surface area contributed by atoms with Gasteiger partial charge in [-0.2, -0.15) is 0 Å². The molecule has 0 radical (unpaired) electrons. The molecule has 216 valence electrons. The van der Waals surface area contributed by atoms with Gasteiger partial charge in [0, 0.05) is 0 Å². The molecule has 2 rings (SSSR count). The number of phenols is 1. The van der Waals surface area contributed by atoms with E-state index >= 15 is 0 Å². The van der Waals surface area contributed by atoms with Crippen molar-refractivity contribution < 1.29 is 52.0 Å². The lowest BCUT2D eigenvalue weighted by Crippen LogP contribution is -2.15. The molecule has 1 N–H and O–H groups in total. The van der Waals surface area contributed by atoms with Gasteiger partial charge < -0.3 is 28.8 Å². The second kappa shape index (κ2) is 15.4. The molecule has 0 fully saturated rings. The fourth-order valence-corrected chi connectivity index (χ4v) is 4.55. The fourth-order valence-electron chi connectivity index (χ4n) is 3.59. The molecule has 39 heavy (non-hydrogen) atoms. The van der Waals surface area contributed by atoms with Gasteiger partial charge in [-0.15, -0.1) is 0 Å². The Labute approximate surface area is 228 Å². The molecule has 0 aliphatic rings. The van der Waals surface area contributed by atoms with Crippen LogP contribution in [-0.4, -0.2) is 50.6 Å². The average molecular weight is 569 g/mol. The highest BCUT2D eigenvalue weighted by Crippen LogP contribution is 2.48. The quantitative estimate of drug-likeness (QED) is 0.151. The van der Waals surface area contributed by atoms with Gasteiger partial charge in [0.1, 0.15) is 11.5 Å². The Morgan fingerprint density at radius 3 is 1.90 bits per heavy atom. The Morgan fingerprint density at radius 2 is 1.41 bits per heavy atom. The SMILES string of the molecule is CCOC(=O)OCOP(=O)(COc1cc(C)c(Cc2ccc(O)c(C(C)C)c2)c(C)c1)OCOC(=O)OCC. The van der Waals surface area contributed by atoms with Gasteiger partial charge in [0.05, 0.1) is 13.2 Å². The first-order valence-electron chi connectivity index (χ1n) is 12.5.